The maximum absolute atomic E-state index is 11.7. The summed E-state index contributed by atoms with van der Waals surface area (Å²) in [5, 5.41) is 8.51. The lowest BCUT2D eigenvalue weighted by Crippen LogP contribution is -2.62. The van der Waals surface area contributed by atoms with Gasteiger partial charge in [-0.1, -0.05) is 12.1 Å². The molecule has 2 bridgehead atoms. The third-order valence-corrected chi connectivity index (χ3v) is 6.84. The Kier molecular flexibility index (Phi) is 3.30. The maximum Gasteiger partial charge on any atom is 0.335 e. The van der Waals surface area contributed by atoms with Crippen molar-refractivity contribution in [1.82, 2.24) is 4.90 Å². The van der Waals surface area contributed by atoms with Gasteiger partial charge in [-0.15, -0.1) is 0 Å². The first kappa shape index (κ1) is 13.6. The number of hydrogen-bond acceptors (Lipinski definition) is 4. The first-order chi connectivity index (χ1) is 9.46. The average Bonchev–Trinajstić information content (AvgIpc) is 2.45. The van der Waals surface area contributed by atoms with Crippen LogP contribution in [0.1, 0.15) is 22.3 Å². The Morgan fingerprint density at radius 1 is 1.20 bits per heavy atom. The van der Waals surface area contributed by atoms with Gasteiger partial charge in [-0.2, -0.15) is 0 Å². The Balaban J connectivity index is 1.55. The van der Waals surface area contributed by atoms with Crippen LogP contribution < -0.4 is 0 Å². The van der Waals surface area contributed by atoms with Crippen LogP contribution in [0, 0.1) is 0 Å². The lowest BCUT2D eigenvalue weighted by molar-refractivity contribution is 0.0697. The molecule has 6 heteroatoms. The van der Waals surface area contributed by atoms with Gasteiger partial charge in [-0.25, -0.2) is 13.2 Å². The molecule has 0 amide bonds. The fraction of sp³-hybridized carbons (Fsp3) is 0.500. The molecule has 5 nitrogen and oxygen atoms in total. The molecule has 3 fully saturated rings. The third kappa shape index (κ3) is 2.33. The van der Waals surface area contributed by atoms with Gasteiger partial charge < -0.3 is 10.0 Å². The van der Waals surface area contributed by atoms with Crippen molar-refractivity contribution in [2.45, 2.75) is 23.3 Å². The molecule has 108 valence electrons. The minimum atomic E-state index is -2.80. The van der Waals surface area contributed by atoms with Crippen molar-refractivity contribution in [3.63, 3.8) is 0 Å². The summed E-state index contributed by atoms with van der Waals surface area (Å²) in [6.07, 6.45) is 1.64. The Labute approximate surface area is 118 Å². The number of carboxylic acids is 1. The van der Waals surface area contributed by atoms with E-state index < -0.39 is 15.8 Å². The molecule has 1 aromatic carbocycles. The van der Waals surface area contributed by atoms with E-state index in [9.17, 15) is 13.2 Å². The number of piperidine rings is 1. The Morgan fingerprint density at radius 3 is 2.30 bits per heavy atom. The second kappa shape index (κ2) is 4.86. The highest BCUT2D eigenvalue weighted by Crippen LogP contribution is 2.35. The summed E-state index contributed by atoms with van der Waals surface area (Å²) >= 11 is 0. The predicted octanol–water partition coefficient (Wildman–Crippen LogP) is 0.799. The van der Waals surface area contributed by atoms with Gasteiger partial charge >= 0.3 is 5.97 Å². The highest BCUT2D eigenvalue weighted by molar-refractivity contribution is 7.94. The van der Waals surface area contributed by atoms with Crippen molar-refractivity contribution in [2.24, 2.45) is 0 Å². The van der Waals surface area contributed by atoms with Crippen LogP contribution in [0.5, 0.6) is 0 Å². The summed E-state index contributed by atoms with van der Waals surface area (Å²) in [6, 6.07) is 6.86. The Hall–Kier alpha value is -1.40. The topological polar surface area (TPSA) is 74.7 Å². The first-order valence-electron chi connectivity index (χ1n) is 6.74. The molecule has 4 rings (SSSR count). The number of nitrogens with zero attached hydrogens (tertiary/aromatic N) is 1. The van der Waals surface area contributed by atoms with E-state index >= 15 is 0 Å². The third-order valence-electron chi connectivity index (χ3n) is 4.30. The van der Waals surface area contributed by atoms with E-state index in [-0.39, 0.29) is 10.5 Å². The quantitative estimate of drug-likeness (QED) is 0.889. The van der Waals surface area contributed by atoms with E-state index in [0.29, 0.717) is 18.7 Å². The molecule has 20 heavy (non-hydrogen) atoms. The zero-order chi connectivity index (χ0) is 14.3. The summed E-state index contributed by atoms with van der Waals surface area (Å²) in [5.74, 6) is -0.919. The fourth-order valence-corrected chi connectivity index (χ4v) is 5.03. The summed E-state index contributed by atoms with van der Waals surface area (Å²) in [5.41, 5.74) is 1.37. The van der Waals surface area contributed by atoms with Crippen LogP contribution in [0.4, 0.5) is 0 Å². The van der Waals surface area contributed by atoms with Gasteiger partial charge in [0.05, 0.1) is 16.1 Å². The zero-order valence-electron chi connectivity index (χ0n) is 11.0. The van der Waals surface area contributed by atoms with E-state index in [2.05, 4.69) is 4.90 Å². The van der Waals surface area contributed by atoms with Crippen LogP contribution in [-0.4, -0.2) is 54.5 Å². The Bertz CT molecular complexity index is 605. The standard InChI is InChI=1S/C14H17NO4S/c16-14(17)11-3-1-10(2-4-11)5-6-15-8-12-7-13(9-15)20(12,18)19/h1-4,12-13H,5-9H2,(H,16,17). The highest BCUT2D eigenvalue weighted by atomic mass is 32.2. The molecule has 0 saturated carbocycles. The molecule has 3 aliphatic rings. The highest BCUT2D eigenvalue weighted by Gasteiger charge is 2.51. The average molecular weight is 295 g/mol. The van der Waals surface area contributed by atoms with Gasteiger partial charge in [0, 0.05) is 19.6 Å². The van der Waals surface area contributed by atoms with Crippen LogP contribution in [0.3, 0.4) is 0 Å². The van der Waals surface area contributed by atoms with Crippen LogP contribution in [0.25, 0.3) is 0 Å². The van der Waals surface area contributed by atoms with Gasteiger partial charge in [-0.05, 0) is 30.5 Å². The van der Waals surface area contributed by atoms with E-state index in [1.54, 1.807) is 12.1 Å². The minimum absolute atomic E-state index is 0.157. The molecule has 2 atom stereocenters. The number of fused-ring (bicyclic) bond motifs is 2. The zero-order valence-corrected chi connectivity index (χ0v) is 11.8. The van der Waals surface area contributed by atoms with Crippen LogP contribution in [0.15, 0.2) is 24.3 Å². The van der Waals surface area contributed by atoms with Crippen molar-refractivity contribution >= 4 is 15.8 Å². The van der Waals surface area contributed by atoms with Gasteiger partial charge in [0.1, 0.15) is 0 Å². The van der Waals surface area contributed by atoms with Gasteiger partial charge in [0.15, 0.2) is 9.84 Å². The monoisotopic (exact) mass is 295 g/mol. The Morgan fingerprint density at radius 2 is 1.80 bits per heavy atom. The van der Waals surface area contributed by atoms with E-state index in [1.807, 2.05) is 12.1 Å². The molecule has 0 aromatic heterocycles. The largest absolute Gasteiger partial charge is 0.478 e. The first-order valence-corrected chi connectivity index (χ1v) is 8.35. The van der Waals surface area contributed by atoms with Crippen LogP contribution >= 0.6 is 0 Å². The molecule has 3 heterocycles. The number of rotatable bonds is 4. The van der Waals surface area contributed by atoms with Gasteiger partial charge in [0.2, 0.25) is 0 Å². The summed E-state index contributed by atoms with van der Waals surface area (Å²) in [7, 11) is -2.80. The molecule has 0 radical (unpaired) electrons. The molecule has 1 aromatic rings. The van der Waals surface area contributed by atoms with Crippen LogP contribution in [0.2, 0.25) is 0 Å². The van der Waals surface area contributed by atoms with Crippen molar-refractivity contribution < 1.29 is 18.3 Å². The number of carbonyl (C=O) groups is 1. The molecule has 3 aliphatic heterocycles. The molecule has 1 N–H and O–H groups in total. The smallest absolute Gasteiger partial charge is 0.335 e. The number of benzene rings is 1. The molecule has 0 spiro atoms. The van der Waals surface area contributed by atoms with E-state index in [1.165, 1.54) is 0 Å². The molecule has 2 unspecified atom stereocenters. The minimum Gasteiger partial charge on any atom is -0.478 e. The van der Waals surface area contributed by atoms with Crippen molar-refractivity contribution in [3.05, 3.63) is 35.4 Å². The lowest BCUT2D eigenvalue weighted by atomic mass is 10.1. The second-order valence-electron chi connectivity index (χ2n) is 5.58. The molecular weight excluding hydrogens is 278 g/mol. The summed E-state index contributed by atoms with van der Waals surface area (Å²) in [6.45, 7) is 2.12. The summed E-state index contributed by atoms with van der Waals surface area (Å²) in [4.78, 5) is 13.0. The summed E-state index contributed by atoms with van der Waals surface area (Å²) < 4.78 is 23.3. The normalized spacial score (nSPS) is 27.8. The van der Waals surface area contributed by atoms with Gasteiger partial charge in [-0.3, -0.25) is 0 Å². The number of sulfone groups is 1. The van der Waals surface area contributed by atoms with Crippen molar-refractivity contribution in [3.8, 4) is 0 Å². The molecular formula is C14H17NO4S. The lowest BCUT2D eigenvalue weighted by Gasteiger charge is -2.46. The van der Waals surface area contributed by atoms with E-state index in [4.69, 9.17) is 5.11 Å². The van der Waals surface area contributed by atoms with Crippen molar-refractivity contribution in [1.29, 1.82) is 0 Å². The fourth-order valence-electron chi connectivity index (χ4n) is 3.00. The number of aromatic carboxylic acids is 1. The van der Waals surface area contributed by atoms with Crippen molar-refractivity contribution in [2.75, 3.05) is 19.6 Å². The molecule has 0 aliphatic carbocycles. The van der Waals surface area contributed by atoms with Gasteiger partial charge in [0.25, 0.3) is 0 Å². The predicted molar refractivity (Wildman–Crippen MR) is 74.7 cm³/mol. The van der Waals surface area contributed by atoms with E-state index in [0.717, 1.165) is 24.9 Å². The van der Waals surface area contributed by atoms with Crippen LogP contribution in [-0.2, 0) is 16.3 Å². The number of carboxylic acid groups (broad SMARTS) is 1. The second-order valence-corrected chi connectivity index (χ2v) is 8.09. The maximum atomic E-state index is 11.7. The SMILES string of the molecule is O=C(O)c1ccc(CCN2CC3CC(C2)S3(=O)=O)cc1. The number of hydrogen-bond donors (Lipinski definition) is 1. The molecule has 3 saturated heterocycles.